The number of non-ortho nitro benzene ring substituents is 1. The highest BCUT2D eigenvalue weighted by atomic mass is 16.6. The van der Waals surface area contributed by atoms with Crippen LogP contribution >= 0.6 is 0 Å². The summed E-state index contributed by atoms with van der Waals surface area (Å²) in [5, 5.41) is 13.6. The molecule has 0 unspecified atom stereocenters. The Labute approximate surface area is 121 Å². The zero-order valence-corrected chi connectivity index (χ0v) is 11.3. The maximum absolute atomic E-state index is 11.8. The lowest BCUT2D eigenvalue weighted by Gasteiger charge is -2.04. The van der Waals surface area contributed by atoms with E-state index in [1.54, 1.807) is 37.5 Å². The van der Waals surface area contributed by atoms with Crippen LogP contribution < -0.4 is 5.32 Å². The number of carbonyl (C=O) groups excluding carboxylic acids is 1. The lowest BCUT2D eigenvalue weighted by molar-refractivity contribution is -0.384. The third-order valence-electron chi connectivity index (χ3n) is 2.86. The van der Waals surface area contributed by atoms with Gasteiger partial charge in [0.1, 0.15) is 0 Å². The van der Waals surface area contributed by atoms with Crippen molar-refractivity contribution in [1.29, 1.82) is 0 Å². The van der Waals surface area contributed by atoms with E-state index in [0.717, 1.165) is 5.56 Å². The average molecular weight is 283 g/mol. The van der Waals surface area contributed by atoms with Gasteiger partial charge in [-0.2, -0.15) is 0 Å². The summed E-state index contributed by atoms with van der Waals surface area (Å²) in [4.78, 5) is 25.9. The molecule has 0 aliphatic rings. The molecule has 1 heterocycles. The summed E-state index contributed by atoms with van der Waals surface area (Å²) in [6.07, 6.45) is 6.01. The largest absolute Gasteiger partial charge is 0.361 e. The highest BCUT2D eigenvalue weighted by molar-refractivity contribution is 6.04. The number of benzene rings is 1. The fraction of sp³-hybridized carbons (Fsp3) is 0.0667. The quantitative estimate of drug-likeness (QED) is 0.394. The first-order valence-corrected chi connectivity index (χ1v) is 6.20. The molecule has 1 aromatic heterocycles. The van der Waals surface area contributed by atoms with Crippen LogP contribution in [-0.2, 0) is 0 Å². The molecule has 2 aromatic rings. The average Bonchev–Trinajstić information content (AvgIpc) is 2.49. The molecule has 2 rings (SSSR count). The number of rotatable bonds is 5. The van der Waals surface area contributed by atoms with Crippen molar-refractivity contribution in [3.05, 3.63) is 76.2 Å². The molecule has 0 bridgehead atoms. The Bertz CT molecular complexity index is 697. The second-order valence-corrected chi connectivity index (χ2v) is 4.33. The molecular weight excluding hydrogens is 270 g/mol. The zero-order chi connectivity index (χ0) is 15.2. The van der Waals surface area contributed by atoms with Gasteiger partial charge < -0.3 is 5.32 Å². The molecule has 0 radical (unpaired) electrons. The number of anilines is 1. The van der Waals surface area contributed by atoms with Crippen molar-refractivity contribution in [3.8, 4) is 0 Å². The third-order valence-corrected chi connectivity index (χ3v) is 2.86. The van der Waals surface area contributed by atoms with Crippen LogP contribution in [0.1, 0.15) is 15.9 Å². The molecule has 0 amide bonds. The number of nitro groups is 1. The predicted molar refractivity (Wildman–Crippen MR) is 79.2 cm³/mol. The molecule has 0 saturated heterocycles. The van der Waals surface area contributed by atoms with Crippen LogP contribution in [-0.4, -0.2) is 15.7 Å². The van der Waals surface area contributed by atoms with E-state index in [0.29, 0.717) is 11.3 Å². The second-order valence-electron chi connectivity index (χ2n) is 4.33. The van der Waals surface area contributed by atoms with E-state index in [4.69, 9.17) is 0 Å². The SMILES string of the molecule is Cc1cc([N+](=O)[O-])ccc1N/C=C\C(=O)c1ccncc1. The van der Waals surface area contributed by atoms with Gasteiger partial charge in [0.2, 0.25) is 0 Å². The summed E-state index contributed by atoms with van der Waals surface area (Å²) in [7, 11) is 0. The van der Waals surface area contributed by atoms with E-state index >= 15 is 0 Å². The van der Waals surface area contributed by atoms with Crippen molar-refractivity contribution >= 4 is 17.2 Å². The monoisotopic (exact) mass is 283 g/mol. The van der Waals surface area contributed by atoms with Crippen molar-refractivity contribution in [2.24, 2.45) is 0 Å². The number of aromatic nitrogens is 1. The van der Waals surface area contributed by atoms with Gasteiger partial charge in [-0.3, -0.25) is 19.9 Å². The van der Waals surface area contributed by atoms with Crippen LogP contribution in [0.15, 0.2) is 55.0 Å². The summed E-state index contributed by atoms with van der Waals surface area (Å²) in [5.74, 6) is -0.149. The van der Waals surface area contributed by atoms with Crippen LogP contribution in [0.5, 0.6) is 0 Å². The fourth-order valence-corrected chi connectivity index (χ4v) is 1.74. The van der Waals surface area contributed by atoms with Gasteiger partial charge in [-0.15, -0.1) is 0 Å². The minimum atomic E-state index is -0.445. The van der Waals surface area contributed by atoms with Crippen molar-refractivity contribution in [2.45, 2.75) is 6.92 Å². The van der Waals surface area contributed by atoms with Gasteiger partial charge in [0.15, 0.2) is 5.78 Å². The van der Waals surface area contributed by atoms with Gasteiger partial charge in [-0.05, 0) is 30.7 Å². The first-order chi connectivity index (χ1) is 10.1. The molecule has 6 heteroatoms. The normalized spacial score (nSPS) is 10.5. The lowest BCUT2D eigenvalue weighted by atomic mass is 10.1. The molecule has 0 saturated carbocycles. The van der Waals surface area contributed by atoms with Gasteiger partial charge in [-0.25, -0.2) is 0 Å². The molecule has 0 spiro atoms. The summed E-state index contributed by atoms with van der Waals surface area (Å²) in [6, 6.07) is 7.75. The number of nitrogens with zero attached hydrogens (tertiary/aromatic N) is 2. The molecule has 0 aliphatic carbocycles. The van der Waals surface area contributed by atoms with Crippen LogP contribution in [0.3, 0.4) is 0 Å². The molecule has 0 aliphatic heterocycles. The molecule has 21 heavy (non-hydrogen) atoms. The number of hydrogen-bond donors (Lipinski definition) is 1. The first-order valence-electron chi connectivity index (χ1n) is 6.20. The maximum Gasteiger partial charge on any atom is 0.269 e. The number of pyridine rings is 1. The summed E-state index contributed by atoms with van der Waals surface area (Å²) in [6.45, 7) is 1.76. The highest BCUT2D eigenvalue weighted by Gasteiger charge is 2.07. The van der Waals surface area contributed by atoms with Crippen LogP contribution in [0.2, 0.25) is 0 Å². The fourth-order valence-electron chi connectivity index (χ4n) is 1.74. The Morgan fingerprint density at radius 3 is 2.62 bits per heavy atom. The summed E-state index contributed by atoms with van der Waals surface area (Å²) in [5.41, 5.74) is 2.02. The van der Waals surface area contributed by atoms with E-state index in [-0.39, 0.29) is 11.5 Å². The zero-order valence-electron chi connectivity index (χ0n) is 11.3. The standard InChI is InChI=1S/C15H13N3O3/c1-11-10-13(18(20)21)2-3-14(11)17-9-6-15(19)12-4-7-16-8-5-12/h2-10,17H,1H3/b9-6-. The van der Waals surface area contributed by atoms with Crippen molar-refractivity contribution < 1.29 is 9.72 Å². The van der Waals surface area contributed by atoms with Crippen molar-refractivity contribution in [1.82, 2.24) is 4.98 Å². The highest BCUT2D eigenvalue weighted by Crippen LogP contribution is 2.21. The van der Waals surface area contributed by atoms with Crippen molar-refractivity contribution in [3.63, 3.8) is 0 Å². The van der Waals surface area contributed by atoms with Gasteiger partial charge in [0, 0.05) is 48.1 Å². The smallest absolute Gasteiger partial charge is 0.269 e. The number of ketones is 1. The molecule has 6 nitrogen and oxygen atoms in total. The Hall–Kier alpha value is -3.02. The number of nitro benzene ring substituents is 1. The van der Waals surface area contributed by atoms with Gasteiger partial charge >= 0.3 is 0 Å². The number of allylic oxidation sites excluding steroid dienone is 1. The Balaban J connectivity index is 2.05. The Kier molecular flexibility index (Phi) is 4.40. The van der Waals surface area contributed by atoms with E-state index in [1.165, 1.54) is 24.4 Å². The van der Waals surface area contributed by atoms with Crippen LogP contribution in [0, 0.1) is 17.0 Å². The van der Waals surface area contributed by atoms with E-state index in [9.17, 15) is 14.9 Å². The number of nitrogens with one attached hydrogen (secondary N) is 1. The van der Waals surface area contributed by atoms with Gasteiger partial charge in [0.05, 0.1) is 4.92 Å². The summed E-state index contributed by atoms with van der Waals surface area (Å²) >= 11 is 0. The molecule has 0 fully saturated rings. The first kappa shape index (κ1) is 14.4. The predicted octanol–water partition coefficient (Wildman–Crippen LogP) is 3.11. The minimum absolute atomic E-state index is 0.0369. The third kappa shape index (κ3) is 3.73. The molecule has 106 valence electrons. The topological polar surface area (TPSA) is 85.1 Å². The van der Waals surface area contributed by atoms with E-state index in [1.807, 2.05) is 0 Å². The molecule has 1 aromatic carbocycles. The van der Waals surface area contributed by atoms with E-state index in [2.05, 4.69) is 10.3 Å². The number of hydrogen-bond acceptors (Lipinski definition) is 5. The second kappa shape index (κ2) is 6.42. The molecule has 0 atom stereocenters. The maximum atomic E-state index is 11.8. The lowest BCUT2D eigenvalue weighted by Crippen LogP contribution is -1.97. The van der Waals surface area contributed by atoms with Crippen LogP contribution in [0.25, 0.3) is 0 Å². The number of carbonyl (C=O) groups is 1. The summed E-state index contributed by atoms with van der Waals surface area (Å²) < 4.78 is 0. The van der Waals surface area contributed by atoms with E-state index < -0.39 is 4.92 Å². The number of aryl methyl sites for hydroxylation is 1. The van der Waals surface area contributed by atoms with Crippen molar-refractivity contribution in [2.75, 3.05) is 5.32 Å². The van der Waals surface area contributed by atoms with Crippen LogP contribution in [0.4, 0.5) is 11.4 Å². The molecular formula is C15H13N3O3. The van der Waals surface area contributed by atoms with Gasteiger partial charge in [-0.1, -0.05) is 0 Å². The molecule has 1 N–H and O–H groups in total. The Morgan fingerprint density at radius 2 is 2.00 bits per heavy atom. The Morgan fingerprint density at radius 1 is 1.29 bits per heavy atom. The minimum Gasteiger partial charge on any atom is -0.361 e. The van der Waals surface area contributed by atoms with Gasteiger partial charge in [0.25, 0.3) is 5.69 Å².